The molecule has 1 amide bonds. The first-order valence-electron chi connectivity index (χ1n) is 12.2. The summed E-state index contributed by atoms with van der Waals surface area (Å²) < 4.78 is 27.7. The van der Waals surface area contributed by atoms with Crippen molar-refractivity contribution >= 4 is 29.8 Å². The number of hydrogen-bond acceptors (Lipinski definition) is 10. The molecule has 36 heavy (non-hydrogen) atoms. The summed E-state index contributed by atoms with van der Waals surface area (Å²) in [7, 11) is 0. The molecule has 1 fully saturated rings. The summed E-state index contributed by atoms with van der Waals surface area (Å²) in [5.41, 5.74) is 0. The number of esters is 3. The third kappa shape index (κ3) is 12.8. The Kier molecular flexibility index (Phi) is 14.7. The summed E-state index contributed by atoms with van der Waals surface area (Å²) in [4.78, 5) is 57.4. The summed E-state index contributed by atoms with van der Waals surface area (Å²) in [5, 5.41) is 11.3. The first-order chi connectivity index (χ1) is 17.0. The third-order valence-electron chi connectivity index (χ3n) is 5.39. The molecule has 206 valence electrons. The van der Waals surface area contributed by atoms with Crippen LogP contribution < -0.4 is 5.32 Å². The van der Waals surface area contributed by atoms with Gasteiger partial charge in [-0.1, -0.05) is 32.1 Å². The smallest absolute Gasteiger partial charge is 0.303 e. The normalized spacial score (nSPS) is 23.4. The van der Waals surface area contributed by atoms with Gasteiger partial charge < -0.3 is 34.1 Å². The van der Waals surface area contributed by atoms with Crippen LogP contribution in [-0.4, -0.2) is 78.7 Å². The highest BCUT2D eigenvalue weighted by Crippen LogP contribution is 2.28. The molecule has 1 aliphatic heterocycles. The molecular weight excluding hydrogens is 478 g/mol. The molecule has 0 bridgehead atoms. The molecule has 0 saturated carbocycles. The van der Waals surface area contributed by atoms with Gasteiger partial charge in [0.05, 0.1) is 0 Å². The van der Waals surface area contributed by atoms with Crippen molar-refractivity contribution in [3.05, 3.63) is 0 Å². The van der Waals surface area contributed by atoms with Gasteiger partial charge in [-0.25, -0.2) is 0 Å². The highest BCUT2D eigenvalue weighted by Gasteiger charge is 2.51. The van der Waals surface area contributed by atoms with E-state index in [9.17, 15) is 24.0 Å². The highest BCUT2D eigenvalue weighted by atomic mass is 16.7. The number of carbonyl (C=O) groups is 5. The van der Waals surface area contributed by atoms with E-state index in [1.807, 2.05) is 0 Å². The van der Waals surface area contributed by atoms with Gasteiger partial charge in [-0.3, -0.25) is 24.0 Å². The fourth-order valence-corrected chi connectivity index (χ4v) is 3.89. The van der Waals surface area contributed by atoms with E-state index in [4.69, 9.17) is 28.8 Å². The minimum atomic E-state index is -1.15. The summed E-state index contributed by atoms with van der Waals surface area (Å²) in [6.07, 6.45) is 1.87. The van der Waals surface area contributed by atoms with Gasteiger partial charge in [-0.15, -0.1) is 0 Å². The number of rotatable bonds is 16. The Morgan fingerprint density at radius 2 is 1.33 bits per heavy atom. The van der Waals surface area contributed by atoms with Gasteiger partial charge in [-0.2, -0.15) is 0 Å². The van der Waals surface area contributed by atoms with Crippen LogP contribution in [0.1, 0.15) is 79.1 Å². The fraction of sp³-hybridized carbons (Fsp3) is 0.792. The number of hydrogen-bond donors (Lipinski definition) is 2. The second-order valence-electron chi connectivity index (χ2n) is 8.71. The molecule has 1 heterocycles. The lowest BCUT2D eigenvalue weighted by Crippen LogP contribution is -2.66. The second-order valence-corrected chi connectivity index (χ2v) is 8.71. The predicted molar refractivity (Wildman–Crippen MR) is 125 cm³/mol. The quantitative estimate of drug-likeness (QED) is 0.174. The zero-order chi connectivity index (χ0) is 27.1. The van der Waals surface area contributed by atoms with E-state index in [2.05, 4.69) is 5.32 Å². The predicted octanol–water partition coefficient (Wildman–Crippen LogP) is 1.86. The lowest BCUT2D eigenvalue weighted by Gasteiger charge is -2.44. The topological polar surface area (TPSA) is 164 Å². The van der Waals surface area contributed by atoms with Crippen molar-refractivity contribution in [3.8, 4) is 0 Å². The molecule has 5 unspecified atom stereocenters. The molecule has 2 N–H and O–H groups in total. The molecule has 0 radical (unpaired) electrons. The van der Waals surface area contributed by atoms with Crippen molar-refractivity contribution < 1.29 is 52.8 Å². The van der Waals surface area contributed by atoms with Gasteiger partial charge >= 0.3 is 23.9 Å². The van der Waals surface area contributed by atoms with Crippen molar-refractivity contribution in [1.82, 2.24) is 5.32 Å². The SMILES string of the molecule is CC(=O)NC1C(OCCCCCCCCCC(=O)O)OC(COC(C)=O)C(OC(C)=O)C1OC(C)=O. The Morgan fingerprint density at radius 1 is 0.778 bits per heavy atom. The largest absolute Gasteiger partial charge is 0.481 e. The summed E-state index contributed by atoms with van der Waals surface area (Å²) in [6.45, 7) is 4.86. The molecule has 1 aliphatic rings. The number of nitrogens with one attached hydrogen (secondary N) is 1. The molecule has 5 atom stereocenters. The number of ether oxygens (including phenoxy) is 5. The van der Waals surface area contributed by atoms with Gasteiger partial charge in [0, 0.05) is 40.7 Å². The zero-order valence-corrected chi connectivity index (χ0v) is 21.5. The molecular formula is C24H39NO11. The van der Waals surface area contributed by atoms with E-state index in [1.54, 1.807) is 0 Å². The monoisotopic (exact) mass is 517 g/mol. The van der Waals surface area contributed by atoms with Crippen LogP contribution in [-0.2, 0) is 47.7 Å². The van der Waals surface area contributed by atoms with Gasteiger partial charge in [0.1, 0.15) is 18.8 Å². The standard InChI is InChI=1S/C24H39NO11/c1-15(26)25-21-23(35-18(4)29)22(34-17(3)28)19(14-33-16(2)27)36-24(21)32-13-11-9-7-5-6-8-10-12-20(30)31/h19,21-24H,5-14H2,1-4H3,(H,25,26)(H,30,31). The molecule has 1 rings (SSSR count). The van der Waals surface area contributed by atoms with E-state index < -0.39 is 60.4 Å². The molecule has 0 aliphatic carbocycles. The lowest BCUT2D eigenvalue weighted by atomic mass is 9.96. The molecule has 0 aromatic carbocycles. The van der Waals surface area contributed by atoms with Crippen LogP contribution in [0.4, 0.5) is 0 Å². The Morgan fingerprint density at radius 3 is 1.86 bits per heavy atom. The maximum absolute atomic E-state index is 11.9. The third-order valence-corrected chi connectivity index (χ3v) is 5.39. The average molecular weight is 518 g/mol. The van der Waals surface area contributed by atoms with Crippen LogP contribution >= 0.6 is 0 Å². The summed E-state index contributed by atoms with van der Waals surface area (Å²) in [6, 6.07) is -0.974. The number of aliphatic carboxylic acids is 1. The molecule has 12 heteroatoms. The Bertz CT molecular complexity index is 742. The summed E-state index contributed by atoms with van der Waals surface area (Å²) in [5.74, 6) is -3.12. The van der Waals surface area contributed by atoms with Crippen LogP contribution in [0.2, 0.25) is 0 Å². The molecule has 1 saturated heterocycles. The number of unbranched alkanes of at least 4 members (excludes halogenated alkanes) is 6. The van der Waals surface area contributed by atoms with E-state index in [1.165, 1.54) is 27.7 Å². The van der Waals surface area contributed by atoms with Gasteiger partial charge in [0.25, 0.3) is 0 Å². The number of carbonyl (C=O) groups excluding carboxylic acids is 4. The van der Waals surface area contributed by atoms with Crippen molar-refractivity contribution in [2.75, 3.05) is 13.2 Å². The van der Waals surface area contributed by atoms with Crippen molar-refractivity contribution in [3.63, 3.8) is 0 Å². The number of carboxylic acid groups (broad SMARTS) is 1. The zero-order valence-electron chi connectivity index (χ0n) is 21.5. The van der Waals surface area contributed by atoms with Gasteiger partial charge in [-0.05, 0) is 12.8 Å². The molecule has 0 aromatic rings. The molecule has 12 nitrogen and oxygen atoms in total. The minimum Gasteiger partial charge on any atom is -0.481 e. The van der Waals surface area contributed by atoms with Crippen LogP contribution in [0.5, 0.6) is 0 Å². The Hall–Kier alpha value is -2.73. The molecule has 0 spiro atoms. The second kappa shape index (κ2) is 16.9. The van der Waals surface area contributed by atoms with E-state index in [-0.39, 0.29) is 19.6 Å². The van der Waals surface area contributed by atoms with Crippen LogP contribution in [0.15, 0.2) is 0 Å². The van der Waals surface area contributed by atoms with Crippen molar-refractivity contribution in [2.24, 2.45) is 0 Å². The molecule has 0 aromatic heterocycles. The maximum atomic E-state index is 11.9. The first kappa shape index (κ1) is 31.3. The van der Waals surface area contributed by atoms with Gasteiger partial charge in [0.15, 0.2) is 18.5 Å². The van der Waals surface area contributed by atoms with E-state index in [0.29, 0.717) is 12.8 Å². The van der Waals surface area contributed by atoms with E-state index >= 15 is 0 Å². The average Bonchev–Trinajstić information content (AvgIpc) is 2.76. The highest BCUT2D eigenvalue weighted by molar-refractivity contribution is 5.73. The van der Waals surface area contributed by atoms with Crippen LogP contribution in [0.3, 0.4) is 0 Å². The maximum Gasteiger partial charge on any atom is 0.303 e. The fourth-order valence-electron chi connectivity index (χ4n) is 3.89. The number of amides is 1. The Balaban J connectivity index is 2.79. The first-order valence-corrected chi connectivity index (χ1v) is 12.2. The van der Waals surface area contributed by atoms with Gasteiger partial charge in [0.2, 0.25) is 5.91 Å². The summed E-state index contributed by atoms with van der Waals surface area (Å²) >= 11 is 0. The minimum absolute atomic E-state index is 0.190. The number of carboxylic acids is 1. The van der Waals surface area contributed by atoms with Crippen LogP contribution in [0, 0.1) is 0 Å². The van der Waals surface area contributed by atoms with Crippen molar-refractivity contribution in [1.29, 1.82) is 0 Å². The van der Waals surface area contributed by atoms with E-state index in [0.717, 1.165) is 32.1 Å². The lowest BCUT2D eigenvalue weighted by molar-refractivity contribution is -0.277. The Labute approximate surface area is 211 Å². The van der Waals surface area contributed by atoms with Crippen LogP contribution in [0.25, 0.3) is 0 Å². The van der Waals surface area contributed by atoms with Crippen molar-refractivity contribution in [2.45, 2.75) is 110 Å².